The van der Waals surface area contributed by atoms with Crippen LogP contribution in [0.5, 0.6) is 0 Å². The molecule has 0 spiro atoms. The van der Waals surface area contributed by atoms with Crippen LogP contribution in [0.3, 0.4) is 0 Å². The van der Waals surface area contributed by atoms with Gasteiger partial charge in [0.05, 0.1) is 4.90 Å². The summed E-state index contributed by atoms with van der Waals surface area (Å²) >= 11 is 0. The van der Waals surface area contributed by atoms with Crippen molar-refractivity contribution in [2.45, 2.75) is 24.8 Å². The molecule has 0 radical (unpaired) electrons. The number of hydrogen-bond acceptors (Lipinski definition) is 4. The van der Waals surface area contributed by atoms with Gasteiger partial charge in [0, 0.05) is 23.8 Å². The summed E-state index contributed by atoms with van der Waals surface area (Å²) in [5.41, 5.74) is 0.625. The molecule has 0 aliphatic heterocycles. The first-order valence-corrected chi connectivity index (χ1v) is 9.70. The first kappa shape index (κ1) is 22.9. The molecule has 0 fully saturated rings. The van der Waals surface area contributed by atoms with Crippen LogP contribution in [0.1, 0.15) is 24.2 Å². The Labute approximate surface area is 165 Å². The zero-order valence-electron chi connectivity index (χ0n) is 15.0. The molecule has 0 aromatic heterocycles. The molecule has 148 valence electrons. The Morgan fingerprint density at radius 1 is 1.07 bits per heavy atom. The summed E-state index contributed by atoms with van der Waals surface area (Å²) in [6.07, 6.45) is 0. The number of likely N-dealkylation sites (N-methyl/N-ethyl adjacent to an activating group) is 1. The molecule has 2 aromatic carbocycles. The molecule has 9 heteroatoms. The highest BCUT2D eigenvalue weighted by Gasteiger charge is 2.15. The lowest BCUT2D eigenvalue weighted by atomic mass is 10.2. The SMILES string of the molecule is CCN[C@H](C)CNC(=O)c1ccc(S(=O)(=O)Nc2ccc(F)cc2)cc1.Cl. The van der Waals surface area contributed by atoms with Crippen LogP contribution in [-0.4, -0.2) is 33.5 Å². The minimum atomic E-state index is -3.82. The molecule has 0 heterocycles. The van der Waals surface area contributed by atoms with E-state index < -0.39 is 15.8 Å². The maximum Gasteiger partial charge on any atom is 0.261 e. The van der Waals surface area contributed by atoms with E-state index in [-0.39, 0.29) is 34.9 Å². The van der Waals surface area contributed by atoms with Crippen molar-refractivity contribution in [2.75, 3.05) is 17.8 Å². The van der Waals surface area contributed by atoms with Crippen molar-refractivity contribution in [3.8, 4) is 0 Å². The summed E-state index contributed by atoms with van der Waals surface area (Å²) in [6.45, 7) is 5.22. The van der Waals surface area contributed by atoms with Crippen molar-refractivity contribution in [3.05, 3.63) is 59.9 Å². The molecule has 0 aliphatic carbocycles. The summed E-state index contributed by atoms with van der Waals surface area (Å²) in [6, 6.07) is 10.8. The second-order valence-corrected chi connectivity index (χ2v) is 7.49. The molecule has 2 aromatic rings. The Kier molecular flexibility index (Phi) is 8.68. The number of anilines is 1. The molecule has 0 unspecified atom stereocenters. The molecule has 1 amide bonds. The maximum absolute atomic E-state index is 12.9. The van der Waals surface area contributed by atoms with Gasteiger partial charge in [-0.3, -0.25) is 9.52 Å². The largest absolute Gasteiger partial charge is 0.350 e. The Bertz CT molecular complexity index is 843. The minimum absolute atomic E-state index is 0. The molecule has 0 bridgehead atoms. The smallest absolute Gasteiger partial charge is 0.261 e. The topological polar surface area (TPSA) is 87.3 Å². The molecular weight excluding hydrogens is 393 g/mol. The van der Waals surface area contributed by atoms with Crippen molar-refractivity contribution in [3.63, 3.8) is 0 Å². The third-order valence-corrected chi connectivity index (χ3v) is 5.04. The first-order valence-electron chi connectivity index (χ1n) is 8.22. The number of hydrogen-bond donors (Lipinski definition) is 3. The fraction of sp³-hybridized carbons (Fsp3) is 0.278. The van der Waals surface area contributed by atoms with Gasteiger partial charge in [-0.05, 0) is 62.0 Å². The van der Waals surface area contributed by atoms with E-state index in [1.165, 1.54) is 48.5 Å². The normalized spacial score (nSPS) is 12.0. The lowest BCUT2D eigenvalue weighted by molar-refractivity contribution is 0.0950. The number of rotatable bonds is 8. The molecule has 0 saturated heterocycles. The third kappa shape index (κ3) is 6.82. The van der Waals surface area contributed by atoms with E-state index in [0.717, 1.165) is 6.54 Å². The van der Waals surface area contributed by atoms with Crippen LogP contribution in [-0.2, 0) is 10.0 Å². The van der Waals surface area contributed by atoms with Gasteiger partial charge >= 0.3 is 0 Å². The van der Waals surface area contributed by atoms with Gasteiger partial charge in [0.25, 0.3) is 15.9 Å². The molecule has 2 rings (SSSR count). The van der Waals surface area contributed by atoms with Crippen LogP contribution in [0.4, 0.5) is 10.1 Å². The fourth-order valence-electron chi connectivity index (χ4n) is 2.29. The fourth-order valence-corrected chi connectivity index (χ4v) is 3.34. The third-order valence-electron chi connectivity index (χ3n) is 3.64. The number of carbonyl (C=O) groups excluding carboxylic acids is 1. The average Bonchev–Trinajstić information content (AvgIpc) is 2.62. The lowest BCUT2D eigenvalue weighted by Gasteiger charge is -2.13. The van der Waals surface area contributed by atoms with Gasteiger partial charge in [0.2, 0.25) is 0 Å². The van der Waals surface area contributed by atoms with E-state index in [1.807, 2.05) is 13.8 Å². The van der Waals surface area contributed by atoms with Crippen LogP contribution < -0.4 is 15.4 Å². The van der Waals surface area contributed by atoms with Gasteiger partial charge in [-0.15, -0.1) is 12.4 Å². The molecular formula is C18H23ClFN3O3S. The molecule has 3 N–H and O–H groups in total. The van der Waals surface area contributed by atoms with E-state index in [0.29, 0.717) is 12.1 Å². The van der Waals surface area contributed by atoms with Gasteiger partial charge < -0.3 is 10.6 Å². The Hall–Kier alpha value is -2.16. The zero-order valence-corrected chi connectivity index (χ0v) is 16.7. The number of halogens is 2. The highest BCUT2D eigenvalue weighted by molar-refractivity contribution is 7.92. The second kappa shape index (κ2) is 10.2. The van der Waals surface area contributed by atoms with Crippen molar-refractivity contribution < 1.29 is 17.6 Å². The Balaban J connectivity index is 0.00000364. The van der Waals surface area contributed by atoms with Gasteiger partial charge in [-0.2, -0.15) is 0 Å². The van der Waals surface area contributed by atoms with Crippen molar-refractivity contribution in [1.82, 2.24) is 10.6 Å². The second-order valence-electron chi connectivity index (χ2n) is 5.81. The Morgan fingerprint density at radius 3 is 2.22 bits per heavy atom. The standard InChI is InChI=1S/C18H22FN3O3S.ClH/c1-3-20-13(2)12-21-18(23)14-4-10-17(11-5-14)26(24,25)22-16-8-6-15(19)7-9-16;/h4-11,13,20,22H,3,12H2,1-2H3,(H,21,23);1H/t13-;/m1./s1. The zero-order chi connectivity index (χ0) is 19.2. The highest BCUT2D eigenvalue weighted by atomic mass is 35.5. The summed E-state index contributed by atoms with van der Waals surface area (Å²) < 4.78 is 39.9. The number of carbonyl (C=O) groups is 1. The number of amides is 1. The van der Waals surface area contributed by atoms with E-state index in [4.69, 9.17) is 0 Å². The van der Waals surface area contributed by atoms with Crippen LogP contribution >= 0.6 is 12.4 Å². The number of nitrogens with one attached hydrogen (secondary N) is 3. The highest BCUT2D eigenvalue weighted by Crippen LogP contribution is 2.17. The molecule has 1 atom stereocenters. The molecule has 0 aliphatic rings. The molecule has 6 nitrogen and oxygen atoms in total. The predicted octanol–water partition coefficient (Wildman–Crippen LogP) is 2.78. The van der Waals surface area contributed by atoms with Crippen LogP contribution in [0.25, 0.3) is 0 Å². The predicted molar refractivity (Wildman–Crippen MR) is 106 cm³/mol. The summed E-state index contributed by atoms with van der Waals surface area (Å²) in [7, 11) is -3.82. The van der Waals surface area contributed by atoms with E-state index in [2.05, 4.69) is 15.4 Å². The monoisotopic (exact) mass is 415 g/mol. The van der Waals surface area contributed by atoms with Crippen molar-refractivity contribution in [2.24, 2.45) is 0 Å². The average molecular weight is 416 g/mol. The van der Waals surface area contributed by atoms with E-state index in [9.17, 15) is 17.6 Å². The van der Waals surface area contributed by atoms with Gasteiger partial charge in [0.1, 0.15) is 5.82 Å². The summed E-state index contributed by atoms with van der Waals surface area (Å²) in [4.78, 5) is 12.1. The van der Waals surface area contributed by atoms with Gasteiger partial charge in [-0.25, -0.2) is 12.8 Å². The molecule has 27 heavy (non-hydrogen) atoms. The van der Waals surface area contributed by atoms with Gasteiger partial charge in [-0.1, -0.05) is 6.92 Å². The summed E-state index contributed by atoms with van der Waals surface area (Å²) in [5, 5.41) is 5.97. The minimum Gasteiger partial charge on any atom is -0.350 e. The summed E-state index contributed by atoms with van der Waals surface area (Å²) in [5.74, 6) is -0.725. The maximum atomic E-state index is 12.9. The van der Waals surface area contributed by atoms with Gasteiger partial charge in [0.15, 0.2) is 0 Å². The Morgan fingerprint density at radius 2 is 1.67 bits per heavy atom. The quantitative estimate of drug-likeness (QED) is 0.618. The van der Waals surface area contributed by atoms with E-state index in [1.54, 1.807) is 0 Å². The lowest BCUT2D eigenvalue weighted by Crippen LogP contribution is -2.38. The van der Waals surface area contributed by atoms with E-state index >= 15 is 0 Å². The van der Waals surface area contributed by atoms with Crippen LogP contribution in [0.2, 0.25) is 0 Å². The first-order chi connectivity index (χ1) is 12.3. The van der Waals surface area contributed by atoms with Crippen molar-refractivity contribution in [1.29, 1.82) is 0 Å². The van der Waals surface area contributed by atoms with Crippen LogP contribution in [0.15, 0.2) is 53.4 Å². The molecule has 0 saturated carbocycles. The number of sulfonamides is 1. The van der Waals surface area contributed by atoms with Crippen LogP contribution in [0, 0.1) is 5.82 Å². The number of benzene rings is 2. The van der Waals surface area contributed by atoms with Crippen molar-refractivity contribution >= 4 is 34.0 Å².